The minimum Gasteiger partial charge on any atom is -0.492 e. The topological polar surface area (TPSA) is 9.23 Å². The summed E-state index contributed by atoms with van der Waals surface area (Å²) >= 11 is 11.1. The second-order valence-corrected chi connectivity index (χ2v) is 3.54. The summed E-state index contributed by atoms with van der Waals surface area (Å²) < 4.78 is 42.4. The Morgan fingerprint density at radius 2 is 1.87 bits per heavy atom. The van der Waals surface area contributed by atoms with Gasteiger partial charge in [-0.1, -0.05) is 23.2 Å². The quantitative estimate of drug-likeness (QED) is 0.764. The molecule has 0 aliphatic carbocycles. The van der Waals surface area contributed by atoms with Crippen molar-refractivity contribution in [3.63, 3.8) is 0 Å². The second-order valence-electron chi connectivity index (χ2n) is 2.70. The first kappa shape index (κ1) is 12.5. The number of alkyl halides is 3. The van der Waals surface area contributed by atoms with Gasteiger partial charge in [-0.15, -0.1) is 0 Å². The zero-order valence-electron chi connectivity index (χ0n) is 7.66. The second kappa shape index (κ2) is 4.49. The first-order chi connectivity index (χ1) is 6.86. The molecule has 0 spiro atoms. The van der Waals surface area contributed by atoms with Crippen molar-refractivity contribution in [1.29, 1.82) is 0 Å². The molecule has 1 nitrogen and oxygen atoms in total. The van der Waals surface area contributed by atoms with Crippen LogP contribution in [0.5, 0.6) is 5.75 Å². The summed E-state index contributed by atoms with van der Waals surface area (Å²) in [5, 5.41) is -0.215. The van der Waals surface area contributed by atoms with E-state index in [1.165, 1.54) is 6.07 Å². The van der Waals surface area contributed by atoms with Gasteiger partial charge in [0.1, 0.15) is 11.3 Å². The van der Waals surface area contributed by atoms with Gasteiger partial charge in [0.25, 0.3) is 0 Å². The summed E-state index contributed by atoms with van der Waals surface area (Å²) in [6.07, 6.45) is -4.53. The molecule has 0 N–H and O–H groups in total. The zero-order chi connectivity index (χ0) is 11.6. The molecule has 0 heterocycles. The SMILES string of the molecule is CCOc1c(Cl)cc(Cl)cc1C(F)(F)F. The molecule has 0 saturated carbocycles. The summed E-state index contributed by atoms with van der Waals surface area (Å²) in [5.41, 5.74) is -0.957. The zero-order valence-corrected chi connectivity index (χ0v) is 9.17. The van der Waals surface area contributed by atoms with Gasteiger partial charge in [0.15, 0.2) is 0 Å². The summed E-state index contributed by atoms with van der Waals surface area (Å²) in [7, 11) is 0. The van der Waals surface area contributed by atoms with Gasteiger partial charge in [0.2, 0.25) is 0 Å². The molecule has 1 aromatic carbocycles. The van der Waals surface area contributed by atoms with Crippen LogP contribution in [0.25, 0.3) is 0 Å². The minimum atomic E-state index is -4.53. The Kier molecular flexibility index (Phi) is 3.73. The van der Waals surface area contributed by atoms with Crippen molar-refractivity contribution in [3.05, 3.63) is 27.7 Å². The fraction of sp³-hybridized carbons (Fsp3) is 0.333. The summed E-state index contributed by atoms with van der Waals surface area (Å²) in [4.78, 5) is 0. The van der Waals surface area contributed by atoms with Gasteiger partial charge in [0.05, 0.1) is 11.6 Å². The molecule has 0 aliphatic heterocycles. The molecule has 0 atom stereocenters. The van der Waals surface area contributed by atoms with Gasteiger partial charge < -0.3 is 4.74 Å². The standard InChI is InChI=1S/C9H7Cl2F3O/c1-2-15-8-6(9(12,13)14)3-5(10)4-7(8)11/h3-4H,2H2,1H3. The molecule has 0 fully saturated rings. The monoisotopic (exact) mass is 258 g/mol. The van der Waals surface area contributed by atoms with Crippen molar-refractivity contribution < 1.29 is 17.9 Å². The lowest BCUT2D eigenvalue weighted by atomic mass is 10.2. The molecule has 84 valence electrons. The van der Waals surface area contributed by atoms with Crippen molar-refractivity contribution in [2.75, 3.05) is 6.61 Å². The Morgan fingerprint density at radius 1 is 1.27 bits per heavy atom. The third-order valence-corrected chi connectivity index (χ3v) is 2.10. The molecule has 1 rings (SSSR count). The van der Waals surface area contributed by atoms with Crippen LogP contribution in [0, 0.1) is 0 Å². The highest BCUT2D eigenvalue weighted by Crippen LogP contribution is 2.42. The molecular formula is C9H7Cl2F3O. The molecule has 0 aliphatic rings. The maximum absolute atomic E-state index is 12.5. The smallest absolute Gasteiger partial charge is 0.420 e. The Morgan fingerprint density at radius 3 is 2.33 bits per heavy atom. The molecule has 1 aromatic rings. The molecule has 6 heteroatoms. The van der Waals surface area contributed by atoms with Gasteiger partial charge in [-0.05, 0) is 19.1 Å². The van der Waals surface area contributed by atoms with Crippen LogP contribution >= 0.6 is 23.2 Å². The lowest BCUT2D eigenvalue weighted by Gasteiger charge is -2.14. The maximum Gasteiger partial charge on any atom is 0.420 e. The number of benzene rings is 1. The third kappa shape index (κ3) is 2.92. The van der Waals surface area contributed by atoms with Crippen molar-refractivity contribution in [3.8, 4) is 5.75 Å². The Balaban J connectivity index is 3.33. The van der Waals surface area contributed by atoms with Gasteiger partial charge in [-0.25, -0.2) is 0 Å². The van der Waals surface area contributed by atoms with Crippen LogP contribution < -0.4 is 4.74 Å². The molecule has 0 amide bonds. The fourth-order valence-electron chi connectivity index (χ4n) is 1.06. The van der Waals surface area contributed by atoms with Gasteiger partial charge in [-0.3, -0.25) is 0 Å². The van der Waals surface area contributed by atoms with E-state index in [1.54, 1.807) is 6.92 Å². The lowest BCUT2D eigenvalue weighted by Crippen LogP contribution is -2.09. The van der Waals surface area contributed by atoms with Crippen LogP contribution in [0.2, 0.25) is 10.0 Å². The highest BCUT2D eigenvalue weighted by atomic mass is 35.5. The molecule has 15 heavy (non-hydrogen) atoms. The van der Waals surface area contributed by atoms with E-state index in [0.29, 0.717) is 0 Å². The van der Waals surface area contributed by atoms with Gasteiger partial charge in [-0.2, -0.15) is 13.2 Å². The number of ether oxygens (including phenoxy) is 1. The number of rotatable bonds is 2. The van der Waals surface area contributed by atoms with E-state index in [-0.39, 0.29) is 22.4 Å². The van der Waals surface area contributed by atoms with E-state index >= 15 is 0 Å². The van der Waals surface area contributed by atoms with E-state index in [9.17, 15) is 13.2 Å². The van der Waals surface area contributed by atoms with Crippen LogP contribution in [-0.4, -0.2) is 6.61 Å². The highest BCUT2D eigenvalue weighted by Gasteiger charge is 2.35. The summed E-state index contributed by atoms with van der Waals surface area (Å²) in [6, 6.07) is 2.00. The van der Waals surface area contributed by atoms with E-state index < -0.39 is 11.7 Å². The number of halogens is 5. The van der Waals surface area contributed by atoms with Crippen molar-refractivity contribution in [1.82, 2.24) is 0 Å². The molecule has 0 saturated heterocycles. The Labute approximate surface area is 94.7 Å². The number of hydrogen-bond donors (Lipinski definition) is 0. The highest BCUT2D eigenvalue weighted by molar-refractivity contribution is 6.35. The third-order valence-electron chi connectivity index (χ3n) is 1.60. The number of hydrogen-bond acceptors (Lipinski definition) is 1. The molecule has 0 aromatic heterocycles. The maximum atomic E-state index is 12.5. The van der Waals surface area contributed by atoms with E-state index in [2.05, 4.69) is 0 Å². The summed E-state index contributed by atoms with van der Waals surface area (Å²) in [6.45, 7) is 1.68. The van der Waals surface area contributed by atoms with E-state index in [1.807, 2.05) is 0 Å². The van der Waals surface area contributed by atoms with Crippen LogP contribution in [-0.2, 0) is 6.18 Å². The van der Waals surface area contributed by atoms with Crippen LogP contribution in [0.15, 0.2) is 12.1 Å². The van der Waals surface area contributed by atoms with Crippen molar-refractivity contribution in [2.45, 2.75) is 13.1 Å². The van der Waals surface area contributed by atoms with Gasteiger partial charge >= 0.3 is 6.18 Å². The lowest BCUT2D eigenvalue weighted by molar-refractivity contribution is -0.138. The molecule has 0 radical (unpaired) electrons. The molecule has 0 bridgehead atoms. The van der Waals surface area contributed by atoms with Crippen LogP contribution in [0.3, 0.4) is 0 Å². The Hall–Kier alpha value is -0.610. The predicted octanol–water partition coefficient (Wildman–Crippen LogP) is 4.41. The van der Waals surface area contributed by atoms with Crippen LogP contribution in [0.1, 0.15) is 12.5 Å². The fourth-order valence-corrected chi connectivity index (χ4v) is 1.61. The summed E-state index contributed by atoms with van der Waals surface area (Å²) in [5.74, 6) is -0.379. The minimum absolute atomic E-state index is 0.0734. The average molecular weight is 259 g/mol. The predicted molar refractivity (Wildman–Crippen MR) is 52.6 cm³/mol. The van der Waals surface area contributed by atoms with Crippen molar-refractivity contribution >= 4 is 23.2 Å². The first-order valence-corrected chi connectivity index (χ1v) is 4.81. The average Bonchev–Trinajstić information content (AvgIpc) is 2.07. The molecular weight excluding hydrogens is 252 g/mol. The normalized spacial score (nSPS) is 11.6. The van der Waals surface area contributed by atoms with E-state index in [4.69, 9.17) is 27.9 Å². The van der Waals surface area contributed by atoms with Crippen LogP contribution in [0.4, 0.5) is 13.2 Å². The van der Waals surface area contributed by atoms with E-state index in [0.717, 1.165) is 6.07 Å². The van der Waals surface area contributed by atoms with Gasteiger partial charge in [0, 0.05) is 5.02 Å². The molecule has 0 unspecified atom stereocenters. The first-order valence-electron chi connectivity index (χ1n) is 4.05. The largest absolute Gasteiger partial charge is 0.492 e. The Bertz CT molecular complexity index is 363. The van der Waals surface area contributed by atoms with Crippen molar-refractivity contribution in [2.24, 2.45) is 0 Å².